The number of thiazole rings is 1. The maximum absolute atomic E-state index is 5.97. The third kappa shape index (κ3) is 2.70. The summed E-state index contributed by atoms with van der Waals surface area (Å²) in [7, 11) is 0. The van der Waals surface area contributed by atoms with Crippen molar-refractivity contribution in [3.8, 4) is 0 Å². The van der Waals surface area contributed by atoms with Crippen molar-refractivity contribution in [3.05, 3.63) is 16.1 Å². The molecule has 1 aromatic heterocycles. The maximum Gasteiger partial charge on any atom is 0.100 e. The van der Waals surface area contributed by atoms with Crippen LogP contribution in [-0.2, 0) is 16.0 Å². The molecule has 0 bridgehead atoms. The van der Waals surface area contributed by atoms with Crippen molar-refractivity contribution in [1.82, 2.24) is 9.88 Å². The molecule has 0 saturated carbocycles. The van der Waals surface area contributed by atoms with Crippen LogP contribution in [0.2, 0.25) is 0 Å². The van der Waals surface area contributed by atoms with Gasteiger partial charge >= 0.3 is 0 Å². The number of aryl methyl sites for hydroxylation is 1. The summed E-state index contributed by atoms with van der Waals surface area (Å²) in [6.07, 6.45) is 2.90. The highest BCUT2D eigenvalue weighted by atomic mass is 32.1. The van der Waals surface area contributed by atoms with Crippen molar-refractivity contribution in [2.75, 3.05) is 19.8 Å². The van der Waals surface area contributed by atoms with E-state index in [0.717, 1.165) is 38.4 Å². The van der Waals surface area contributed by atoms with Crippen LogP contribution >= 0.6 is 11.3 Å². The summed E-state index contributed by atoms with van der Waals surface area (Å²) in [6.45, 7) is 7.79. The van der Waals surface area contributed by atoms with Gasteiger partial charge in [-0.25, -0.2) is 4.98 Å². The fourth-order valence-electron chi connectivity index (χ4n) is 3.21. The molecule has 2 saturated heterocycles. The molecular weight excluding hydrogens is 260 g/mol. The lowest BCUT2D eigenvalue weighted by molar-refractivity contribution is -0.0749. The van der Waals surface area contributed by atoms with E-state index in [9.17, 15) is 0 Å². The van der Waals surface area contributed by atoms with Gasteiger partial charge in [-0.15, -0.1) is 11.3 Å². The summed E-state index contributed by atoms with van der Waals surface area (Å²) in [4.78, 5) is 8.26. The standard InChI is InChI=1S/C14H22N2O2S/c1-3-17-12-7-16(8-13-10(2)15-9-19-13)11-5-4-6-18-14(11)12/h9,11-12,14H,3-8H2,1-2H3/t11-,12-,14+/m1/s1. The Kier molecular flexibility index (Phi) is 4.17. The Hall–Kier alpha value is -0.490. The number of nitrogens with zero attached hydrogens (tertiary/aromatic N) is 2. The molecule has 0 amide bonds. The van der Waals surface area contributed by atoms with E-state index in [1.165, 1.54) is 11.3 Å². The number of likely N-dealkylation sites (tertiary alicyclic amines) is 1. The van der Waals surface area contributed by atoms with Crippen LogP contribution in [0.3, 0.4) is 0 Å². The molecule has 2 fully saturated rings. The monoisotopic (exact) mass is 282 g/mol. The third-order valence-electron chi connectivity index (χ3n) is 4.16. The molecule has 5 heteroatoms. The van der Waals surface area contributed by atoms with Gasteiger partial charge in [0.05, 0.1) is 17.3 Å². The van der Waals surface area contributed by atoms with Crippen molar-refractivity contribution in [3.63, 3.8) is 0 Å². The minimum absolute atomic E-state index is 0.239. The van der Waals surface area contributed by atoms with Crippen LogP contribution in [0.25, 0.3) is 0 Å². The second kappa shape index (κ2) is 5.87. The largest absolute Gasteiger partial charge is 0.374 e. The molecule has 0 aromatic carbocycles. The molecule has 1 aromatic rings. The van der Waals surface area contributed by atoms with Gasteiger partial charge in [-0.2, -0.15) is 0 Å². The van der Waals surface area contributed by atoms with Gasteiger partial charge in [0.1, 0.15) is 6.10 Å². The third-order valence-corrected chi connectivity index (χ3v) is 5.08. The molecule has 3 rings (SSSR count). The van der Waals surface area contributed by atoms with E-state index in [1.807, 2.05) is 5.51 Å². The smallest absolute Gasteiger partial charge is 0.100 e. The number of hydrogen-bond donors (Lipinski definition) is 0. The molecule has 0 radical (unpaired) electrons. The average molecular weight is 282 g/mol. The highest BCUT2D eigenvalue weighted by Crippen LogP contribution is 2.32. The molecule has 3 heterocycles. The quantitative estimate of drug-likeness (QED) is 0.848. The van der Waals surface area contributed by atoms with Crippen molar-refractivity contribution in [2.24, 2.45) is 0 Å². The zero-order chi connectivity index (χ0) is 13.2. The Morgan fingerprint density at radius 1 is 1.58 bits per heavy atom. The maximum atomic E-state index is 5.97. The van der Waals surface area contributed by atoms with Crippen LogP contribution in [0.5, 0.6) is 0 Å². The molecule has 106 valence electrons. The Balaban J connectivity index is 1.72. The number of aromatic nitrogens is 1. The lowest BCUT2D eigenvalue weighted by Gasteiger charge is -2.32. The molecule has 3 atom stereocenters. The lowest BCUT2D eigenvalue weighted by Crippen LogP contribution is -2.41. The zero-order valence-electron chi connectivity index (χ0n) is 11.7. The highest BCUT2D eigenvalue weighted by Gasteiger charge is 2.44. The highest BCUT2D eigenvalue weighted by molar-refractivity contribution is 7.09. The Morgan fingerprint density at radius 3 is 3.21 bits per heavy atom. The summed E-state index contributed by atoms with van der Waals surface area (Å²) in [5, 5.41) is 0. The SMILES string of the molecule is CCO[C@@H]1CN(Cc2scnc2C)[C@@H]2CCCO[C@@H]21. The number of ether oxygens (including phenoxy) is 2. The summed E-state index contributed by atoms with van der Waals surface area (Å²) < 4.78 is 11.8. The van der Waals surface area contributed by atoms with Crippen molar-refractivity contribution in [1.29, 1.82) is 0 Å². The Labute approximate surface area is 118 Å². The van der Waals surface area contributed by atoms with Gasteiger partial charge in [-0.05, 0) is 26.7 Å². The minimum Gasteiger partial charge on any atom is -0.374 e. The van der Waals surface area contributed by atoms with Crippen LogP contribution in [0, 0.1) is 6.92 Å². The van der Waals surface area contributed by atoms with E-state index in [1.54, 1.807) is 11.3 Å². The lowest BCUT2D eigenvalue weighted by atomic mass is 10.0. The number of fused-ring (bicyclic) bond motifs is 1. The van der Waals surface area contributed by atoms with E-state index < -0.39 is 0 Å². The van der Waals surface area contributed by atoms with Crippen LogP contribution in [0.15, 0.2) is 5.51 Å². The summed E-state index contributed by atoms with van der Waals surface area (Å²) in [5.41, 5.74) is 3.11. The van der Waals surface area contributed by atoms with Gasteiger partial charge in [0, 0.05) is 37.2 Å². The van der Waals surface area contributed by atoms with E-state index in [4.69, 9.17) is 9.47 Å². The first kappa shape index (κ1) is 13.5. The number of hydrogen-bond acceptors (Lipinski definition) is 5. The first-order valence-corrected chi connectivity index (χ1v) is 8.03. The van der Waals surface area contributed by atoms with Crippen LogP contribution in [-0.4, -0.2) is 47.9 Å². The molecule has 0 N–H and O–H groups in total. The molecule has 0 aliphatic carbocycles. The Bertz CT molecular complexity index is 423. The minimum atomic E-state index is 0.239. The van der Waals surface area contributed by atoms with Gasteiger partial charge in [0.15, 0.2) is 0 Å². The van der Waals surface area contributed by atoms with Gasteiger partial charge in [0.2, 0.25) is 0 Å². The van der Waals surface area contributed by atoms with Crippen LogP contribution in [0.1, 0.15) is 30.3 Å². The number of rotatable bonds is 4. The fraction of sp³-hybridized carbons (Fsp3) is 0.786. The molecule has 0 spiro atoms. The summed E-state index contributed by atoms with van der Waals surface area (Å²) in [5.74, 6) is 0. The van der Waals surface area contributed by atoms with Crippen LogP contribution < -0.4 is 0 Å². The molecule has 19 heavy (non-hydrogen) atoms. The van der Waals surface area contributed by atoms with Crippen molar-refractivity contribution < 1.29 is 9.47 Å². The molecule has 2 aliphatic rings. The molecule has 4 nitrogen and oxygen atoms in total. The summed E-state index contributed by atoms with van der Waals surface area (Å²) in [6, 6.07) is 0.520. The summed E-state index contributed by atoms with van der Waals surface area (Å²) >= 11 is 1.76. The van der Waals surface area contributed by atoms with Gasteiger partial charge < -0.3 is 9.47 Å². The topological polar surface area (TPSA) is 34.6 Å². The first-order valence-electron chi connectivity index (χ1n) is 7.15. The van der Waals surface area contributed by atoms with E-state index >= 15 is 0 Å². The fourth-order valence-corrected chi connectivity index (χ4v) is 4.01. The second-order valence-electron chi connectivity index (χ2n) is 5.33. The van der Waals surface area contributed by atoms with Gasteiger partial charge in [0.25, 0.3) is 0 Å². The second-order valence-corrected chi connectivity index (χ2v) is 6.27. The van der Waals surface area contributed by atoms with E-state index in [0.29, 0.717) is 6.04 Å². The van der Waals surface area contributed by atoms with Crippen LogP contribution in [0.4, 0.5) is 0 Å². The molecule has 0 unspecified atom stereocenters. The van der Waals surface area contributed by atoms with E-state index in [-0.39, 0.29) is 12.2 Å². The van der Waals surface area contributed by atoms with Crippen molar-refractivity contribution in [2.45, 2.75) is 51.5 Å². The Morgan fingerprint density at radius 2 is 2.47 bits per heavy atom. The predicted octanol–water partition coefficient (Wildman–Crippen LogP) is 2.22. The predicted molar refractivity (Wildman–Crippen MR) is 75.4 cm³/mol. The molecular formula is C14H22N2O2S. The van der Waals surface area contributed by atoms with E-state index in [2.05, 4.69) is 23.7 Å². The molecule has 2 aliphatic heterocycles. The van der Waals surface area contributed by atoms with Gasteiger partial charge in [-0.3, -0.25) is 4.90 Å². The van der Waals surface area contributed by atoms with Crippen molar-refractivity contribution >= 4 is 11.3 Å². The first-order chi connectivity index (χ1) is 9.29. The van der Waals surface area contributed by atoms with Gasteiger partial charge in [-0.1, -0.05) is 0 Å². The normalized spacial score (nSPS) is 31.6. The zero-order valence-corrected chi connectivity index (χ0v) is 12.5. The average Bonchev–Trinajstić information content (AvgIpc) is 2.97.